The molecule has 0 amide bonds. The molecule has 0 bridgehead atoms. The van der Waals surface area contributed by atoms with Crippen LogP contribution in [0.4, 0.5) is 0 Å². The summed E-state index contributed by atoms with van der Waals surface area (Å²) in [6.07, 6.45) is -14.0. The van der Waals surface area contributed by atoms with Crippen LogP contribution in [0.3, 0.4) is 0 Å². The number of phosphoric acid groups is 1. The van der Waals surface area contributed by atoms with Crippen LogP contribution in [0, 0.1) is 0 Å². The first kappa shape index (κ1) is 37.7. The predicted molar refractivity (Wildman–Crippen MR) is 103 cm³/mol. The van der Waals surface area contributed by atoms with Gasteiger partial charge in [0.05, 0.1) is 13.2 Å². The fourth-order valence-corrected chi connectivity index (χ4v) is 3.13. The Kier molecular flexibility index (Phi) is 18.6. The van der Waals surface area contributed by atoms with Crippen LogP contribution in [0.2, 0.25) is 0 Å². The van der Waals surface area contributed by atoms with Crippen LogP contribution in [-0.4, -0.2) is 207 Å². The number of hydrogen-bond donors (Lipinski definition) is 9. The van der Waals surface area contributed by atoms with Crippen molar-refractivity contribution in [2.75, 3.05) is 19.8 Å². The molecular weight excluding hydrogens is 511 g/mol. The quantitative estimate of drug-likeness (QED) is 0.107. The molecule has 0 aromatic rings. The third kappa shape index (κ3) is 8.95. The number of phosphoric ester groups is 1. The molecule has 19 heteroatoms. The molecule has 2 heterocycles. The molecule has 9 atom stereocenters. The summed E-state index contributed by atoms with van der Waals surface area (Å²) in [5, 5.41) is 68.3. The van der Waals surface area contributed by atoms with Crippen molar-refractivity contribution in [1.82, 2.24) is 0 Å². The Morgan fingerprint density at radius 2 is 1.45 bits per heavy atom. The predicted octanol–water partition coefficient (Wildman–Crippen LogP) is -7.24. The Morgan fingerprint density at radius 3 is 1.87 bits per heavy atom. The van der Waals surface area contributed by atoms with Crippen LogP contribution in [-0.2, 0) is 23.3 Å². The molecule has 0 saturated carbocycles. The van der Waals surface area contributed by atoms with E-state index in [9.17, 15) is 35.2 Å². The number of aliphatic hydroxyl groups excluding tert-OH is 7. The summed E-state index contributed by atoms with van der Waals surface area (Å²) in [4.78, 5) is 17.4. The second-order valence-corrected chi connectivity index (χ2v) is 7.40. The van der Waals surface area contributed by atoms with Gasteiger partial charge in [-0.15, -0.1) is 0 Å². The van der Waals surface area contributed by atoms with Crippen molar-refractivity contribution in [3.05, 3.63) is 0 Å². The maximum Gasteiger partial charge on any atom is 2.00 e. The number of ether oxygens (including phenoxy) is 3. The molecule has 2 rings (SSSR count). The summed E-state index contributed by atoms with van der Waals surface area (Å²) >= 11 is 0. The van der Waals surface area contributed by atoms with Gasteiger partial charge in [-0.3, -0.25) is 4.52 Å². The van der Waals surface area contributed by atoms with Gasteiger partial charge in [0.25, 0.3) is 0 Å². The minimum absolute atomic E-state index is 0. The van der Waals surface area contributed by atoms with E-state index in [1.807, 2.05) is 0 Å². The van der Waals surface area contributed by atoms with E-state index in [1.165, 1.54) is 0 Å². The third-order valence-electron chi connectivity index (χ3n) is 4.30. The molecule has 0 aromatic heterocycles. The van der Waals surface area contributed by atoms with Crippen molar-refractivity contribution in [2.24, 2.45) is 0 Å². The van der Waals surface area contributed by atoms with Crippen molar-refractivity contribution in [1.29, 1.82) is 0 Å². The molecule has 2 saturated heterocycles. The van der Waals surface area contributed by atoms with Gasteiger partial charge in [-0.05, 0) is 0 Å². The molecule has 0 aromatic carbocycles. The van der Waals surface area contributed by atoms with Gasteiger partial charge >= 0.3 is 83.3 Å². The molecule has 0 radical (unpaired) electrons. The van der Waals surface area contributed by atoms with Crippen molar-refractivity contribution in [3.8, 4) is 0 Å². The first-order chi connectivity index (χ1) is 12.5. The van der Waals surface area contributed by atoms with Crippen LogP contribution in [0.1, 0.15) is 5.71 Å². The molecule has 2 aliphatic heterocycles. The van der Waals surface area contributed by atoms with E-state index in [2.05, 4.69) is 4.52 Å². The fourth-order valence-electron chi connectivity index (χ4n) is 2.79. The summed E-state index contributed by atoms with van der Waals surface area (Å²) in [5.41, 5.74) is 0. The molecule has 16 nitrogen and oxygen atoms in total. The van der Waals surface area contributed by atoms with Gasteiger partial charge in [0.15, 0.2) is 6.29 Å². The monoisotopic (exact) mass is 542 g/mol. The second-order valence-electron chi connectivity index (χ2n) is 6.16. The maximum atomic E-state index is 10.8. The van der Waals surface area contributed by atoms with Gasteiger partial charge in [-0.25, -0.2) is 4.57 Å². The Hall–Kier alpha value is 2.15. The zero-order valence-electron chi connectivity index (χ0n) is 20.2. The van der Waals surface area contributed by atoms with Gasteiger partial charge in [0.2, 0.25) is 5.79 Å². The first-order valence-corrected chi connectivity index (χ1v) is 9.32. The molecule has 0 unspecified atom stereocenters. The van der Waals surface area contributed by atoms with E-state index in [-0.39, 0.29) is 92.1 Å². The van der Waals surface area contributed by atoms with Gasteiger partial charge in [-0.2, -0.15) is 0 Å². The standard InChI is InChI=1S/C12H23O14P.2Ca.2H2O.4H/c13-1-4-7(16)10(19)12(3-14,25-4)26-11-9(18)8(17)6(15)5(24-11)2-23-27(20,21)22;;;;;;;;/h4-11,13-19H,1-3H2,(H2,20,21,22);;;2*1H2;;;;/q;2*+2;;;4*-1/t4-,5-,6-,7-,8+,9-,10+,11-,12+;;;;;;;;/m1......../s1. The van der Waals surface area contributed by atoms with E-state index in [4.69, 9.17) is 29.1 Å². The average molecular weight is 542 g/mol. The first-order valence-electron chi connectivity index (χ1n) is 7.79. The smallest absolute Gasteiger partial charge is 1.00 e. The van der Waals surface area contributed by atoms with E-state index in [0.29, 0.717) is 0 Å². The molecule has 0 aliphatic carbocycles. The van der Waals surface area contributed by atoms with Crippen LogP contribution >= 0.6 is 7.82 Å². The summed E-state index contributed by atoms with van der Waals surface area (Å²) < 4.78 is 30.4. The normalized spacial score (nSPS) is 40.0. The minimum atomic E-state index is -4.93. The van der Waals surface area contributed by atoms with E-state index in [1.54, 1.807) is 0 Å². The second kappa shape index (κ2) is 15.3. The van der Waals surface area contributed by atoms with Crippen molar-refractivity contribution < 1.29 is 85.5 Å². The Balaban J connectivity index is -0.000000196. The average Bonchev–Trinajstić information content (AvgIpc) is 2.85. The summed E-state index contributed by atoms with van der Waals surface area (Å²) in [6.45, 7) is -2.69. The van der Waals surface area contributed by atoms with Crippen LogP contribution in [0.15, 0.2) is 0 Å². The van der Waals surface area contributed by atoms with Crippen molar-refractivity contribution in [2.45, 2.75) is 54.8 Å². The molecule has 0 spiro atoms. The van der Waals surface area contributed by atoms with Crippen LogP contribution in [0.5, 0.6) is 0 Å². The molecule has 2 aliphatic rings. The van der Waals surface area contributed by atoms with Crippen LogP contribution in [0.25, 0.3) is 0 Å². The van der Waals surface area contributed by atoms with Crippen LogP contribution < -0.4 is 0 Å². The number of rotatable bonds is 7. The SMILES string of the molecule is O.O.O=P(O)(O)OC[C@H]1O[C@H](O[C@]2(CO)O[C@H](CO)[C@@H](O)[C@@H]2O)[C@H](O)[C@@H](O)[C@@H]1O.[Ca+2].[Ca+2].[H-].[H-].[H-].[H-]. The Morgan fingerprint density at radius 1 is 0.903 bits per heavy atom. The third-order valence-corrected chi connectivity index (χ3v) is 4.78. The van der Waals surface area contributed by atoms with E-state index in [0.717, 1.165) is 0 Å². The zero-order valence-corrected chi connectivity index (χ0v) is 21.5. The van der Waals surface area contributed by atoms with Gasteiger partial charge in [-0.1, -0.05) is 0 Å². The summed E-state index contributed by atoms with van der Waals surface area (Å²) in [5.74, 6) is -2.35. The Labute approximate surface area is 241 Å². The molecule has 31 heavy (non-hydrogen) atoms. The Bertz CT molecular complexity index is 573. The topological polar surface area (TPSA) is 299 Å². The largest absolute Gasteiger partial charge is 2.00 e. The van der Waals surface area contributed by atoms with Gasteiger partial charge in [0.1, 0.15) is 49.3 Å². The number of hydrogen-bond acceptors (Lipinski definition) is 12. The zero-order chi connectivity index (χ0) is 20.6. The summed E-state index contributed by atoms with van der Waals surface area (Å²) in [6, 6.07) is 0. The molecule has 13 N–H and O–H groups in total. The molecular formula is C12H31Ca2O16P. The summed E-state index contributed by atoms with van der Waals surface area (Å²) in [7, 11) is -4.93. The van der Waals surface area contributed by atoms with Crippen molar-refractivity contribution in [3.63, 3.8) is 0 Å². The number of aliphatic hydroxyl groups is 7. The molecule has 184 valence electrons. The maximum absolute atomic E-state index is 10.8. The van der Waals surface area contributed by atoms with Gasteiger partial charge < -0.3 is 76.4 Å². The fraction of sp³-hybridized carbons (Fsp3) is 1.00. The van der Waals surface area contributed by atoms with Gasteiger partial charge in [0, 0.05) is 0 Å². The van der Waals surface area contributed by atoms with E-state index < -0.39 is 82.4 Å². The van der Waals surface area contributed by atoms with E-state index >= 15 is 0 Å². The minimum Gasteiger partial charge on any atom is -1.00 e. The van der Waals surface area contributed by atoms with Crippen molar-refractivity contribution >= 4 is 83.3 Å². The molecule has 2 fully saturated rings.